The second-order valence-corrected chi connectivity index (χ2v) is 12.9. The van der Waals surface area contributed by atoms with E-state index >= 15 is 0 Å². The van der Waals surface area contributed by atoms with Crippen molar-refractivity contribution in [3.8, 4) is 17.2 Å². The molecule has 266 valence electrons. The van der Waals surface area contributed by atoms with Crippen LogP contribution in [0.25, 0.3) is 0 Å². The van der Waals surface area contributed by atoms with Crippen molar-refractivity contribution in [2.75, 3.05) is 13.7 Å². The van der Waals surface area contributed by atoms with Gasteiger partial charge in [0, 0.05) is 42.0 Å². The first kappa shape index (κ1) is 35.1. The lowest BCUT2D eigenvalue weighted by atomic mass is 9.72. The number of phenolic OH excluding ortho intramolecular Hbond substituents is 2. The van der Waals surface area contributed by atoms with Crippen molar-refractivity contribution in [3.63, 3.8) is 0 Å². The van der Waals surface area contributed by atoms with Gasteiger partial charge in [0.1, 0.15) is 35.2 Å². The van der Waals surface area contributed by atoms with Crippen LogP contribution in [-0.4, -0.2) is 96.0 Å². The Balaban J connectivity index is 1.26. The standard InChI is InChI=1S/C34H38N4O12/c1-16-28(40)20(35-9-4-5-11-37-12-10-36-33(37)38(46)47)13-23(49-16)50-22-15-34(45,17(2)39)14-19-25(22)32(44)27-26(30(19)42)29(41)18-7-6-8-21(48-3)24(18)31(27)43/h6-8,10,12,16,20,22-23,28,35,40,42,44-45H,4-5,9,11,13-15H2,1-3H3/t16-,20-,22-,23-,28+,34-/m0/s1. The van der Waals surface area contributed by atoms with Crippen LogP contribution in [0.1, 0.15) is 88.6 Å². The molecule has 0 spiro atoms. The second-order valence-electron chi connectivity index (χ2n) is 12.9. The summed E-state index contributed by atoms with van der Waals surface area (Å²) in [4.78, 5) is 54.6. The minimum Gasteiger partial charge on any atom is -0.507 e. The quantitative estimate of drug-likeness (QED) is 0.0656. The molecule has 16 nitrogen and oxygen atoms in total. The zero-order valence-electron chi connectivity index (χ0n) is 27.6. The first-order chi connectivity index (χ1) is 23.8. The van der Waals surface area contributed by atoms with Gasteiger partial charge in [0.05, 0.1) is 48.7 Å². The summed E-state index contributed by atoms with van der Waals surface area (Å²) >= 11 is 0. The number of ketones is 3. The molecular formula is C34H38N4O12. The highest BCUT2D eigenvalue weighted by molar-refractivity contribution is 6.31. The molecular weight excluding hydrogens is 656 g/mol. The molecule has 3 aliphatic rings. The monoisotopic (exact) mass is 694 g/mol. The lowest BCUT2D eigenvalue weighted by Crippen LogP contribution is -2.54. The van der Waals surface area contributed by atoms with Crippen molar-refractivity contribution < 1.29 is 53.9 Å². The molecule has 6 rings (SSSR count). The summed E-state index contributed by atoms with van der Waals surface area (Å²) in [6, 6.07) is 3.88. The average Bonchev–Trinajstić information content (AvgIpc) is 3.55. The molecule has 1 aromatic heterocycles. The number of carbonyl (C=O) groups excluding carboxylic acids is 3. The number of hydrogen-bond acceptors (Lipinski definition) is 14. The molecule has 0 amide bonds. The maximum Gasteiger partial charge on any atom is 0.434 e. The number of aliphatic hydroxyl groups excluding tert-OH is 1. The number of aromatic hydroxyl groups is 2. The number of nitro groups is 1. The van der Waals surface area contributed by atoms with Crippen molar-refractivity contribution in [2.24, 2.45) is 0 Å². The molecule has 1 saturated heterocycles. The maximum absolute atomic E-state index is 13.9. The molecule has 0 bridgehead atoms. The molecule has 0 unspecified atom stereocenters. The Morgan fingerprint density at radius 1 is 1.18 bits per heavy atom. The van der Waals surface area contributed by atoms with Crippen molar-refractivity contribution in [1.82, 2.24) is 14.9 Å². The fraction of sp³-hybridized carbons (Fsp3) is 0.471. The number of aromatic nitrogens is 2. The summed E-state index contributed by atoms with van der Waals surface area (Å²) < 4.78 is 19.0. The molecule has 16 heteroatoms. The minimum absolute atomic E-state index is 0.0355. The number of imidazole rings is 1. The summed E-state index contributed by atoms with van der Waals surface area (Å²) in [5, 5.41) is 60.0. The van der Waals surface area contributed by atoms with E-state index in [4.69, 9.17) is 14.2 Å². The fourth-order valence-electron chi connectivity index (χ4n) is 7.17. The Morgan fingerprint density at radius 3 is 2.62 bits per heavy atom. The number of hydrogen-bond donors (Lipinski definition) is 5. The van der Waals surface area contributed by atoms with E-state index in [1.165, 1.54) is 49.2 Å². The number of Topliss-reactive ketones (excluding diaryl/α,β-unsaturated/α-hetero) is 1. The van der Waals surface area contributed by atoms with Crippen molar-refractivity contribution >= 4 is 23.3 Å². The van der Waals surface area contributed by atoms with Gasteiger partial charge in [-0.05, 0) is 44.2 Å². The third kappa shape index (κ3) is 6.02. The second kappa shape index (κ2) is 13.5. The predicted octanol–water partition coefficient (Wildman–Crippen LogP) is 2.24. The van der Waals surface area contributed by atoms with Crippen LogP contribution in [0.2, 0.25) is 0 Å². The van der Waals surface area contributed by atoms with Gasteiger partial charge in [-0.15, -0.1) is 0 Å². The number of unbranched alkanes of at least 4 members (excludes halogenated alkanes) is 1. The topological polar surface area (TPSA) is 233 Å². The number of aryl methyl sites for hydroxylation is 1. The highest BCUT2D eigenvalue weighted by atomic mass is 16.7. The molecule has 5 N–H and O–H groups in total. The Hall–Kier alpha value is -4.74. The van der Waals surface area contributed by atoms with Crippen molar-refractivity contribution in [1.29, 1.82) is 0 Å². The minimum atomic E-state index is -2.06. The Bertz CT molecular complexity index is 1870. The van der Waals surface area contributed by atoms with Gasteiger partial charge >= 0.3 is 5.95 Å². The van der Waals surface area contributed by atoms with Crippen LogP contribution in [0.15, 0.2) is 30.6 Å². The van der Waals surface area contributed by atoms with Crippen LogP contribution in [0.3, 0.4) is 0 Å². The van der Waals surface area contributed by atoms with Gasteiger partial charge in [0.25, 0.3) is 0 Å². The molecule has 50 heavy (non-hydrogen) atoms. The number of methoxy groups -OCH3 is 1. The van der Waals surface area contributed by atoms with Gasteiger partial charge in [-0.2, -0.15) is 0 Å². The van der Waals surface area contributed by atoms with E-state index in [0.29, 0.717) is 25.9 Å². The number of carbonyl (C=O) groups is 3. The molecule has 2 aliphatic carbocycles. The molecule has 6 atom stereocenters. The number of phenols is 2. The Kier molecular flexibility index (Phi) is 9.49. The van der Waals surface area contributed by atoms with Gasteiger partial charge in [-0.1, -0.05) is 17.1 Å². The first-order valence-corrected chi connectivity index (χ1v) is 16.3. The molecule has 1 fully saturated rings. The molecule has 0 saturated carbocycles. The SMILES string of the molecule is COc1cccc2c1C(=O)c1c(O)c3c(c(O)c1C2=O)C[C@@](O)(C(C)=O)C[C@@H]3O[C@H]1C[C@H](NCCCCn2ccnc2[N+](=O)[O-])[C@H](O)[C@H](C)O1. The van der Waals surface area contributed by atoms with Gasteiger partial charge < -0.3 is 50.1 Å². The van der Waals surface area contributed by atoms with E-state index in [2.05, 4.69) is 10.3 Å². The molecule has 2 aromatic carbocycles. The van der Waals surface area contributed by atoms with Gasteiger partial charge in [0.2, 0.25) is 5.78 Å². The fourth-order valence-corrected chi connectivity index (χ4v) is 7.17. The number of benzene rings is 2. The zero-order chi connectivity index (χ0) is 36.1. The molecule has 0 radical (unpaired) electrons. The largest absolute Gasteiger partial charge is 0.507 e. The predicted molar refractivity (Wildman–Crippen MR) is 172 cm³/mol. The van der Waals surface area contributed by atoms with Gasteiger partial charge in [-0.25, -0.2) is 4.57 Å². The van der Waals surface area contributed by atoms with Crippen molar-refractivity contribution in [3.05, 3.63) is 74.1 Å². The number of ether oxygens (including phenoxy) is 3. The van der Waals surface area contributed by atoms with Crippen LogP contribution >= 0.6 is 0 Å². The smallest absolute Gasteiger partial charge is 0.434 e. The van der Waals surface area contributed by atoms with Gasteiger partial charge in [-0.3, -0.25) is 14.4 Å². The van der Waals surface area contributed by atoms with E-state index in [1.54, 1.807) is 6.92 Å². The summed E-state index contributed by atoms with van der Waals surface area (Å²) in [5.41, 5.74) is -3.24. The summed E-state index contributed by atoms with van der Waals surface area (Å²) in [7, 11) is 1.33. The third-order valence-electron chi connectivity index (χ3n) is 9.84. The highest BCUT2D eigenvalue weighted by Crippen LogP contribution is 2.52. The van der Waals surface area contributed by atoms with Crippen LogP contribution in [0, 0.1) is 10.1 Å². The van der Waals surface area contributed by atoms with Crippen LogP contribution in [-0.2, 0) is 27.2 Å². The van der Waals surface area contributed by atoms with E-state index in [9.17, 15) is 44.9 Å². The number of aliphatic hydroxyl groups is 2. The Labute approximate surface area is 285 Å². The van der Waals surface area contributed by atoms with E-state index in [-0.39, 0.29) is 46.8 Å². The van der Waals surface area contributed by atoms with Crippen LogP contribution in [0.4, 0.5) is 5.95 Å². The van der Waals surface area contributed by atoms with Gasteiger partial charge in [0.15, 0.2) is 17.9 Å². The first-order valence-electron chi connectivity index (χ1n) is 16.3. The molecule has 1 aliphatic heterocycles. The van der Waals surface area contributed by atoms with E-state index in [0.717, 1.165) is 0 Å². The summed E-state index contributed by atoms with van der Waals surface area (Å²) in [5.74, 6) is -3.56. The van der Waals surface area contributed by atoms with Crippen molar-refractivity contribution in [2.45, 2.75) is 88.7 Å². The van der Waals surface area contributed by atoms with E-state index in [1.807, 2.05) is 0 Å². The van der Waals surface area contributed by atoms with Crippen LogP contribution < -0.4 is 10.1 Å². The molecule has 2 heterocycles. The van der Waals surface area contributed by atoms with E-state index < -0.39 is 87.6 Å². The number of nitrogens with one attached hydrogen (secondary N) is 1. The number of rotatable bonds is 11. The Morgan fingerprint density at radius 2 is 1.92 bits per heavy atom. The third-order valence-corrected chi connectivity index (χ3v) is 9.84. The summed E-state index contributed by atoms with van der Waals surface area (Å²) in [6.07, 6.45) is -0.625. The van der Waals surface area contributed by atoms with Crippen LogP contribution in [0.5, 0.6) is 17.2 Å². The summed E-state index contributed by atoms with van der Waals surface area (Å²) in [6.45, 7) is 3.64. The lowest BCUT2D eigenvalue weighted by Gasteiger charge is -2.43. The normalized spacial score (nSPS) is 25.8. The number of nitrogens with zero attached hydrogens (tertiary/aromatic N) is 3. The average molecular weight is 695 g/mol. The lowest BCUT2D eigenvalue weighted by molar-refractivity contribution is -0.396. The highest BCUT2D eigenvalue weighted by Gasteiger charge is 2.49. The molecule has 3 aromatic rings. The maximum atomic E-state index is 13.9. The zero-order valence-corrected chi connectivity index (χ0v) is 27.6. The number of fused-ring (bicyclic) bond motifs is 3.